The van der Waals surface area contributed by atoms with Gasteiger partial charge in [-0.05, 0) is 31.0 Å². The number of hydrogen-bond donors (Lipinski definition) is 0. The van der Waals surface area contributed by atoms with E-state index >= 15 is 0 Å². The van der Waals surface area contributed by atoms with Gasteiger partial charge in [-0.2, -0.15) is 0 Å². The van der Waals surface area contributed by atoms with Crippen molar-refractivity contribution in [2.45, 2.75) is 32.6 Å². The Bertz CT molecular complexity index is 672. The van der Waals surface area contributed by atoms with Gasteiger partial charge in [0.1, 0.15) is 0 Å². The van der Waals surface area contributed by atoms with E-state index < -0.39 is 0 Å². The first-order chi connectivity index (χ1) is 11.1. The Morgan fingerprint density at radius 1 is 1.30 bits per heavy atom. The SMILES string of the molecule is CC(C)C(=O)N1CCC[C@@H](c2ccnc(-c3cccnc3)n2)C1. The van der Waals surface area contributed by atoms with Crippen LogP contribution >= 0.6 is 0 Å². The van der Waals surface area contributed by atoms with Gasteiger partial charge in [-0.3, -0.25) is 9.78 Å². The lowest BCUT2D eigenvalue weighted by Crippen LogP contribution is -2.41. The van der Waals surface area contributed by atoms with Crippen LogP contribution in [0.1, 0.15) is 38.3 Å². The molecular formula is C18H22N4O. The Morgan fingerprint density at radius 3 is 2.91 bits per heavy atom. The predicted octanol–water partition coefficient (Wildman–Crippen LogP) is 2.90. The molecule has 120 valence electrons. The molecule has 3 heterocycles. The molecule has 0 radical (unpaired) electrons. The van der Waals surface area contributed by atoms with Crippen molar-refractivity contribution in [3.05, 3.63) is 42.5 Å². The summed E-state index contributed by atoms with van der Waals surface area (Å²) in [6, 6.07) is 5.81. The summed E-state index contributed by atoms with van der Waals surface area (Å²) in [7, 11) is 0. The molecule has 0 N–H and O–H groups in total. The van der Waals surface area contributed by atoms with Crippen molar-refractivity contribution in [1.82, 2.24) is 19.9 Å². The molecule has 1 saturated heterocycles. The highest BCUT2D eigenvalue weighted by Gasteiger charge is 2.27. The Labute approximate surface area is 136 Å². The summed E-state index contributed by atoms with van der Waals surface area (Å²) in [4.78, 5) is 27.4. The van der Waals surface area contributed by atoms with Crippen molar-refractivity contribution >= 4 is 5.91 Å². The molecule has 5 nitrogen and oxygen atoms in total. The van der Waals surface area contributed by atoms with E-state index in [1.165, 1.54) is 0 Å². The van der Waals surface area contributed by atoms with Gasteiger partial charge in [-0.25, -0.2) is 9.97 Å². The minimum absolute atomic E-state index is 0.0464. The van der Waals surface area contributed by atoms with E-state index in [9.17, 15) is 4.79 Å². The van der Waals surface area contributed by atoms with Crippen molar-refractivity contribution in [3.8, 4) is 11.4 Å². The Balaban J connectivity index is 1.80. The summed E-state index contributed by atoms with van der Waals surface area (Å²) in [5.74, 6) is 1.26. The molecule has 0 bridgehead atoms. The highest BCUT2D eigenvalue weighted by Crippen LogP contribution is 2.27. The highest BCUT2D eigenvalue weighted by molar-refractivity contribution is 5.78. The molecule has 1 amide bonds. The van der Waals surface area contributed by atoms with Gasteiger partial charge in [0, 0.05) is 54.8 Å². The van der Waals surface area contributed by atoms with Crippen LogP contribution in [0.25, 0.3) is 11.4 Å². The van der Waals surface area contributed by atoms with Gasteiger partial charge in [-0.1, -0.05) is 13.8 Å². The van der Waals surface area contributed by atoms with Crippen LogP contribution in [-0.4, -0.2) is 38.8 Å². The van der Waals surface area contributed by atoms with Crippen LogP contribution in [0.15, 0.2) is 36.8 Å². The lowest BCUT2D eigenvalue weighted by molar-refractivity contribution is -0.135. The van der Waals surface area contributed by atoms with Crippen molar-refractivity contribution in [3.63, 3.8) is 0 Å². The maximum atomic E-state index is 12.2. The molecule has 2 aromatic rings. The smallest absolute Gasteiger partial charge is 0.225 e. The van der Waals surface area contributed by atoms with E-state index in [2.05, 4.69) is 9.97 Å². The molecule has 0 unspecified atom stereocenters. The molecule has 23 heavy (non-hydrogen) atoms. The second-order valence-electron chi connectivity index (χ2n) is 6.32. The third-order valence-corrected chi connectivity index (χ3v) is 4.24. The Kier molecular flexibility index (Phi) is 4.65. The van der Waals surface area contributed by atoms with E-state index in [0.717, 1.165) is 37.2 Å². The Hall–Kier alpha value is -2.30. The normalized spacial score (nSPS) is 18.2. The average Bonchev–Trinajstić information content (AvgIpc) is 2.62. The summed E-state index contributed by atoms with van der Waals surface area (Å²) >= 11 is 0. The maximum Gasteiger partial charge on any atom is 0.225 e. The lowest BCUT2D eigenvalue weighted by Gasteiger charge is -2.33. The van der Waals surface area contributed by atoms with Crippen molar-refractivity contribution in [2.24, 2.45) is 5.92 Å². The van der Waals surface area contributed by atoms with Crippen LogP contribution in [-0.2, 0) is 4.79 Å². The van der Waals surface area contributed by atoms with Gasteiger partial charge >= 0.3 is 0 Å². The minimum atomic E-state index is 0.0464. The molecule has 1 atom stereocenters. The van der Waals surface area contributed by atoms with E-state index in [4.69, 9.17) is 4.98 Å². The largest absolute Gasteiger partial charge is 0.342 e. The van der Waals surface area contributed by atoms with Crippen LogP contribution in [0.2, 0.25) is 0 Å². The summed E-state index contributed by atoms with van der Waals surface area (Å²) < 4.78 is 0. The van der Waals surface area contributed by atoms with Crippen LogP contribution in [0.4, 0.5) is 0 Å². The van der Waals surface area contributed by atoms with Crippen LogP contribution in [0.5, 0.6) is 0 Å². The van der Waals surface area contributed by atoms with E-state index in [0.29, 0.717) is 5.82 Å². The topological polar surface area (TPSA) is 59.0 Å². The van der Waals surface area contributed by atoms with E-state index in [-0.39, 0.29) is 17.7 Å². The van der Waals surface area contributed by atoms with Crippen LogP contribution < -0.4 is 0 Å². The summed E-state index contributed by atoms with van der Waals surface area (Å²) in [6.07, 6.45) is 7.40. The lowest BCUT2D eigenvalue weighted by atomic mass is 9.93. The monoisotopic (exact) mass is 310 g/mol. The van der Waals surface area contributed by atoms with Gasteiger partial charge in [0.05, 0.1) is 0 Å². The number of amides is 1. The average molecular weight is 310 g/mol. The molecule has 0 spiro atoms. The molecule has 2 aromatic heterocycles. The van der Waals surface area contributed by atoms with Gasteiger partial charge in [0.25, 0.3) is 0 Å². The number of piperidine rings is 1. The number of pyridine rings is 1. The first kappa shape index (κ1) is 15.6. The maximum absolute atomic E-state index is 12.2. The third kappa shape index (κ3) is 3.55. The molecule has 1 aliphatic heterocycles. The van der Waals surface area contributed by atoms with Gasteiger partial charge in [0.15, 0.2) is 5.82 Å². The first-order valence-corrected chi connectivity index (χ1v) is 8.17. The number of likely N-dealkylation sites (tertiary alicyclic amines) is 1. The fraction of sp³-hybridized carbons (Fsp3) is 0.444. The number of carbonyl (C=O) groups excluding carboxylic acids is 1. The predicted molar refractivity (Wildman–Crippen MR) is 88.7 cm³/mol. The fourth-order valence-electron chi connectivity index (χ4n) is 3.02. The fourth-order valence-corrected chi connectivity index (χ4v) is 3.02. The minimum Gasteiger partial charge on any atom is -0.342 e. The number of nitrogens with zero attached hydrogens (tertiary/aromatic N) is 4. The van der Waals surface area contributed by atoms with Gasteiger partial charge in [-0.15, -0.1) is 0 Å². The van der Waals surface area contributed by atoms with Crippen LogP contribution in [0.3, 0.4) is 0 Å². The number of hydrogen-bond acceptors (Lipinski definition) is 4. The molecule has 0 saturated carbocycles. The zero-order valence-corrected chi connectivity index (χ0v) is 13.6. The summed E-state index contributed by atoms with van der Waals surface area (Å²) in [6.45, 7) is 5.52. The second-order valence-corrected chi connectivity index (χ2v) is 6.32. The molecule has 0 aliphatic carbocycles. The van der Waals surface area contributed by atoms with Crippen molar-refractivity contribution in [1.29, 1.82) is 0 Å². The summed E-state index contributed by atoms with van der Waals surface area (Å²) in [5.41, 5.74) is 1.93. The van der Waals surface area contributed by atoms with Gasteiger partial charge in [0.2, 0.25) is 5.91 Å². The molecule has 0 aromatic carbocycles. The molecule has 3 rings (SSSR count). The van der Waals surface area contributed by atoms with E-state index in [1.54, 1.807) is 18.6 Å². The van der Waals surface area contributed by atoms with Crippen LogP contribution in [0, 0.1) is 5.92 Å². The summed E-state index contributed by atoms with van der Waals surface area (Å²) in [5, 5.41) is 0. The quantitative estimate of drug-likeness (QED) is 0.874. The number of carbonyl (C=O) groups is 1. The van der Waals surface area contributed by atoms with Crippen molar-refractivity contribution in [2.75, 3.05) is 13.1 Å². The zero-order chi connectivity index (χ0) is 16.2. The second kappa shape index (κ2) is 6.86. The first-order valence-electron chi connectivity index (χ1n) is 8.17. The van der Waals surface area contributed by atoms with E-state index in [1.807, 2.05) is 36.9 Å². The highest BCUT2D eigenvalue weighted by atomic mass is 16.2. The number of rotatable bonds is 3. The zero-order valence-electron chi connectivity index (χ0n) is 13.6. The molecule has 1 aliphatic rings. The van der Waals surface area contributed by atoms with Crippen molar-refractivity contribution < 1.29 is 4.79 Å². The molecule has 1 fully saturated rings. The third-order valence-electron chi connectivity index (χ3n) is 4.24. The standard InChI is InChI=1S/C18H22N4O/c1-13(2)18(23)22-10-4-6-15(12-22)16-7-9-20-17(21-16)14-5-3-8-19-11-14/h3,5,7-9,11,13,15H,4,6,10,12H2,1-2H3/t15-/m1/s1. The Morgan fingerprint density at radius 2 is 2.17 bits per heavy atom. The molecule has 5 heteroatoms. The number of aromatic nitrogens is 3. The van der Waals surface area contributed by atoms with Gasteiger partial charge < -0.3 is 4.90 Å². The molecular weight excluding hydrogens is 288 g/mol.